The first kappa shape index (κ1) is 20.2. The third-order valence-electron chi connectivity index (χ3n) is 4.24. The number of rotatable bonds is 7. The van der Waals surface area contributed by atoms with Crippen LogP contribution in [0.5, 0.6) is 0 Å². The molecule has 0 radical (unpaired) electrons. The maximum absolute atomic E-state index is 12.7. The van der Waals surface area contributed by atoms with Gasteiger partial charge in [0.1, 0.15) is 0 Å². The molecule has 2 rings (SSSR count). The van der Waals surface area contributed by atoms with Crippen molar-refractivity contribution >= 4 is 27.5 Å². The van der Waals surface area contributed by atoms with E-state index < -0.39 is 10.0 Å². The molecule has 1 atom stereocenters. The number of nitrogens with one attached hydrogen (secondary N) is 1. The number of nitrogens with zero attached hydrogens (tertiary/aromatic N) is 2. The molecular formula is C17H26ClN3O3S. The molecule has 1 aliphatic rings. The van der Waals surface area contributed by atoms with Crippen LogP contribution in [0.2, 0.25) is 5.02 Å². The normalized spacial score (nSPS) is 19.1. The summed E-state index contributed by atoms with van der Waals surface area (Å²) in [6, 6.07) is 6.87. The summed E-state index contributed by atoms with van der Waals surface area (Å²) >= 11 is 5.93. The highest BCUT2D eigenvalue weighted by Gasteiger charge is 2.32. The van der Waals surface area contributed by atoms with Gasteiger partial charge in [-0.2, -0.15) is 0 Å². The zero-order valence-corrected chi connectivity index (χ0v) is 16.3. The summed E-state index contributed by atoms with van der Waals surface area (Å²) in [6.07, 6.45) is 1.41. The van der Waals surface area contributed by atoms with Crippen molar-refractivity contribution < 1.29 is 13.2 Å². The van der Waals surface area contributed by atoms with Crippen molar-refractivity contribution in [1.29, 1.82) is 0 Å². The Morgan fingerprint density at radius 1 is 1.40 bits per heavy atom. The number of likely N-dealkylation sites (N-methyl/N-ethyl adjacent to an activating group) is 1. The summed E-state index contributed by atoms with van der Waals surface area (Å²) in [5.74, 6) is -0.447. The second-order valence-electron chi connectivity index (χ2n) is 6.68. The van der Waals surface area contributed by atoms with Gasteiger partial charge < -0.3 is 10.2 Å². The Balaban J connectivity index is 1.96. The smallest absolute Gasteiger partial charge is 0.224 e. The standard InChI is InChI=1S/C17H26ClN3O3S/c1-20(2)10-8-19-17(22)15-6-4-9-21(12-15)25(23,24)13-14-5-3-7-16(18)11-14/h3,5,7,11,15H,4,6,8-10,12-13H2,1-2H3,(H,19,22)/t15-/m0/s1. The van der Waals surface area contributed by atoms with E-state index in [1.54, 1.807) is 24.3 Å². The average Bonchev–Trinajstić information content (AvgIpc) is 2.54. The second kappa shape index (κ2) is 8.98. The first-order valence-electron chi connectivity index (χ1n) is 8.42. The van der Waals surface area contributed by atoms with Gasteiger partial charge in [0, 0.05) is 31.2 Å². The molecule has 1 N–H and O–H groups in total. The van der Waals surface area contributed by atoms with Crippen molar-refractivity contribution in [2.24, 2.45) is 5.92 Å². The van der Waals surface area contributed by atoms with Gasteiger partial charge in [0.05, 0.1) is 11.7 Å². The average molecular weight is 388 g/mol. The van der Waals surface area contributed by atoms with E-state index in [2.05, 4.69) is 5.32 Å². The molecule has 8 heteroatoms. The van der Waals surface area contributed by atoms with Crippen molar-refractivity contribution in [1.82, 2.24) is 14.5 Å². The quantitative estimate of drug-likeness (QED) is 0.770. The predicted octanol–water partition coefficient (Wildman–Crippen LogP) is 1.56. The number of hydrogen-bond donors (Lipinski definition) is 1. The Hall–Kier alpha value is -1.15. The number of carbonyl (C=O) groups is 1. The number of amides is 1. The van der Waals surface area contributed by atoms with Gasteiger partial charge in [-0.25, -0.2) is 12.7 Å². The molecule has 0 unspecified atom stereocenters. The molecule has 140 valence electrons. The summed E-state index contributed by atoms with van der Waals surface area (Å²) in [7, 11) is 0.416. The summed E-state index contributed by atoms with van der Waals surface area (Å²) in [5, 5.41) is 3.41. The minimum Gasteiger partial charge on any atom is -0.355 e. The molecule has 1 amide bonds. The minimum atomic E-state index is -3.47. The van der Waals surface area contributed by atoms with E-state index in [0.717, 1.165) is 13.0 Å². The Bertz CT molecular complexity index is 694. The highest BCUT2D eigenvalue weighted by atomic mass is 35.5. The third-order valence-corrected chi connectivity index (χ3v) is 6.30. The molecule has 0 aromatic heterocycles. The fraction of sp³-hybridized carbons (Fsp3) is 0.588. The van der Waals surface area contributed by atoms with Gasteiger partial charge in [-0.3, -0.25) is 4.79 Å². The van der Waals surface area contributed by atoms with Crippen LogP contribution in [0.15, 0.2) is 24.3 Å². The van der Waals surface area contributed by atoms with Crippen molar-refractivity contribution in [3.63, 3.8) is 0 Å². The van der Waals surface area contributed by atoms with Gasteiger partial charge in [0.2, 0.25) is 15.9 Å². The molecule has 0 saturated carbocycles. The lowest BCUT2D eigenvalue weighted by molar-refractivity contribution is -0.126. The van der Waals surface area contributed by atoms with Crippen molar-refractivity contribution in [2.75, 3.05) is 40.3 Å². The van der Waals surface area contributed by atoms with E-state index in [0.29, 0.717) is 30.1 Å². The van der Waals surface area contributed by atoms with Gasteiger partial charge in [-0.05, 0) is 44.6 Å². The lowest BCUT2D eigenvalue weighted by Crippen LogP contribution is -2.46. The fourth-order valence-electron chi connectivity index (χ4n) is 2.88. The zero-order valence-electron chi connectivity index (χ0n) is 14.7. The number of piperidine rings is 1. The topological polar surface area (TPSA) is 69.7 Å². The summed E-state index contributed by atoms with van der Waals surface area (Å²) < 4.78 is 26.8. The van der Waals surface area contributed by atoms with Crippen LogP contribution < -0.4 is 5.32 Å². The maximum atomic E-state index is 12.7. The molecule has 1 fully saturated rings. The van der Waals surface area contributed by atoms with Crippen molar-refractivity contribution in [3.8, 4) is 0 Å². The van der Waals surface area contributed by atoms with E-state index in [1.165, 1.54) is 4.31 Å². The van der Waals surface area contributed by atoms with Gasteiger partial charge in [0.15, 0.2) is 0 Å². The van der Waals surface area contributed by atoms with Crippen LogP contribution in [-0.2, 0) is 20.6 Å². The van der Waals surface area contributed by atoms with E-state index >= 15 is 0 Å². The number of halogens is 1. The molecule has 1 saturated heterocycles. The van der Waals surface area contributed by atoms with Crippen LogP contribution in [0.4, 0.5) is 0 Å². The zero-order chi connectivity index (χ0) is 18.4. The number of benzene rings is 1. The Morgan fingerprint density at radius 3 is 2.84 bits per heavy atom. The lowest BCUT2D eigenvalue weighted by Gasteiger charge is -2.31. The van der Waals surface area contributed by atoms with E-state index in [1.807, 2.05) is 19.0 Å². The molecule has 1 heterocycles. The molecule has 1 aromatic rings. The largest absolute Gasteiger partial charge is 0.355 e. The second-order valence-corrected chi connectivity index (χ2v) is 9.08. The summed E-state index contributed by atoms with van der Waals surface area (Å²) in [4.78, 5) is 14.3. The van der Waals surface area contributed by atoms with Crippen LogP contribution in [-0.4, -0.2) is 63.8 Å². The van der Waals surface area contributed by atoms with Gasteiger partial charge >= 0.3 is 0 Å². The molecule has 0 spiro atoms. The summed E-state index contributed by atoms with van der Waals surface area (Å²) in [5.41, 5.74) is 0.657. The van der Waals surface area contributed by atoms with E-state index in [-0.39, 0.29) is 24.1 Å². The summed E-state index contributed by atoms with van der Waals surface area (Å²) in [6.45, 7) is 2.04. The molecule has 25 heavy (non-hydrogen) atoms. The lowest BCUT2D eigenvalue weighted by atomic mass is 9.99. The molecule has 0 bridgehead atoms. The van der Waals surface area contributed by atoms with Gasteiger partial charge in [-0.1, -0.05) is 23.7 Å². The van der Waals surface area contributed by atoms with Crippen molar-refractivity contribution in [3.05, 3.63) is 34.9 Å². The molecule has 1 aromatic carbocycles. The Labute approximate surface area is 155 Å². The first-order valence-corrected chi connectivity index (χ1v) is 10.4. The number of carbonyl (C=O) groups excluding carboxylic acids is 1. The first-order chi connectivity index (χ1) is 11.8. The van der Waals surface area contributed by atoms with Crippen LogP contribution in [0.3, 0.4) is 0 Å². The fourth-order valence-corrected chi connectivity index (χ4v) is 4.70. The van der Waals surface area contributed by atoms with Gasteiger partial charge in [-0.15, -0.1) is 0 Å². The van der Waals surface area contributed by atoms with Gasteiger partial charge in [0.25, 0.3) is 0 Å². The van der Waals surface area contributed by atoms with Crippen LogP contribution >= 0.6 is 11.6 Å². The van der Waals surface area contributed by atoms with Crippen molar-refractivity contribution in [2.45, 2.75) is 18.6 Å². The third kappa shape index (κ3) is 6.26. The van der Waals surface area contributed by atoms with E-state index in [4.69, 9.17) is 11.6 Å². The highest BCUT2D eigenvalue weighted by molar-refractivity contribution is 7.88. The Kier molecular flexibility index (Phi) is 7.25. The highest BCUT2D eigenvalue weighted by Crippen LogP contribution is 2.22. The molecule has 0 aliphatic carbocycles. The van der Waals surface area contributed by atoms with Crippen LogP contribution in [0, 0.1) is 5.92 Å². The van der Waals surface area contributed by atoms with E-state index in [9.17, 15) is 13.2 Å². The molecular weight excluding hydrogens is 362 g/mol. The van der Waals surface area contributed by atoms with Crippen LogP contribution in [0.1, 0.15) is 18.4 Å². The SMILES string of the molecule is CN(C)CCNC(=O)[C@H]1CCCN(S(=O)(=O)Cc2cccc(Cl)c2)C1. The van der Waals surface area contributed by atoms with Crippen LogP contribution in [0.25, 0.3) is 0 Å². The molecule has 6 nitrogen and oxygen atoms in total. The number of hydrogen-bond acceptors (Lipinski definition) is 4. The monoisotopic (exact) mass is 387 g/mol. The minimum absolute atomic E-state index is 0.0653. The maximum Gasteiger partial charge on any atom is 0.224 e. The molecule has 1 aliphatic heterocycles. The number of sulfonamides is 1. The Morgan fingerprint density at radius 2 is 2.16 bits per heavy atom. The predicted molar refractivity (Wildman–Crippen MR) is 99.9 cm³/mol.